The standard InChI is InChI=1S/C18H23N3O3/c19-14-6-3-5-12(14)10-16(22)20-15-7-2-1-4-13(15)11-21-17(23)8-9-18(21)24/h1-2,4,7,12,14H,3,5-6,8-11,19H2,(H,20,22)/t12-,14+/m0/s1. The van der Waals surface area contributed by atoms with Crippen LogP contribution in [0, 0.1) is 5.92 Å². The summed E-state index contributed by atoms with van der Waals surface area (Å²) in [6.07, 6.45) is 4.01. The lowest BCUT2D eigenvalue weighted by Gasteiger charge is -2.18. The van der Waals surface area contributed by atoms with Gasteiger partial charge in [-0.15, -0.1) is 0 Å². The van der Waals surface area contributed by atoms with Crippen LogP contribution in [0.1, 0.15) is 44.1 Å². The number of rotatable bonds is 5. The molecule has 1 aliphatic heterocycles. The SMILES string of the molecule is N[C@@H]1CCC[C@H]1CC(=O)Nc1ccccc1CN1C(=O)CCC1=O. The van der Waals surface area contributed by atoms with E-state index in [1.165, 1.54) is 4.90 Å². The number of para-hydroxylation sites is 1. The number of carbonyl (C=O) groups is 3. The van der Waals surface area contributed by atoms with Crippen molar-refractivity contribution in [3.05, 3.63) is 29.8 Å². The first-order chi connectivity index (χ1) is 11.5. The molecule has 2 atom stereocenters. The second kappa shape index (κ2) is 7.13. The summed E-state index contributed by atoms with van der Waals surface area (Å²) in [4.78, 5) is 37.2. The zero-order chi connectivity index (χ0) is 17.1. The molecule has 2 fully saturated rings. The fourth-order valence-electron chi connectivity index (χ4n) is 3.51. The molecule has 0 spiro atoms. The Morgan fingerprint density at radius 2 is 1.88 bits per heavy atom. The van der Waals surface area contributed by atoms with Crippen LogP contribution in [-0.2, 0) is 20.9 Å². The molecule has 1 saturated heterocycles. The summed E-state index contributed by atoms with van der Waals surface area (Å²) in [6, 6.07) is 7.39. The van der Waals surface area contributed by atoms with Crippen LogP contribution >= 0.6 is 0 Å². The van der Waals surface area contributed by atoms with Gasteiger partial charge in [-0.1, -0.05) is 24.6 Å². The van der Waals surface area contributed by atoms with Crippen LogP contribution in [0.4, 0.5) is 5.69 Å². The highest BCUT2D eigenvalue weighted by Gasteiger charge is 2.30. The van der Waals surface area contributed by atoms with E-state index in [1.807, 2.05) is 18.2 Å². The molecule has 1 aliphatic carbocycles. The fraction of sp³-hybridized carbons (Fsp3) is 0.500. The average Bonchev–Trinajstić information content (AvgIpc) is 3.09. The summed E-state index contributed by atoms with van der Waals surface area (Å²) in [5, 5.41) is 2.92. The lowest BCUT2D eigenvalue weighted by molar-refractivity contribution is -0.139. The van der Waals surface area contributed by atoms with Gasteiger partial charge in [0.15, 0.2) is 0 Å². The lowest BCUT2D eigenvalue weighted by Crippen LogP contribution is -2.30. The van der Waals surface area contributed by atoms with Gasteiger partial charge in [0.05, 0.1) is 6.54 Å². The maximum Gasteiger partial charge on any atom is 0.229 e. The van der Waals surface area contributed by atoms with Crippen LogP contribution in [-0.4, -0.2) is 28.7 Å². The molecule has 3 rings (SSSR count). The second-order valence-corrected chi connectivity index (χ2v) is 6.64. The quantitative estimate of drug-likeness (QED) is 0.806. The van der Waals surface area contributed by atoms with Crippen molar-refractivity contribution in [3.8, 4) is 0 Å². The first-order valence-corrected chi connectivity index (χ1v) is 8.51. The zero-order valence-corrected chi connectivity index (χ0v) is 13.7. The van der Waals surface area contributed by atoms with E-state index in [1.54, 1.807) is 6.07 Å². The van der Waals surface area contributed by atoms with E-state index in [0.717, 1.165) is 24.8 Å². The van der Waals surface area contributed by atoms with E-state index in [0.29, 0.717) is 12.1 Å². The molecule has 1 aromatic rings. The summed E-state index contributed by atoms with van der Waals surface area (Å²) in [7, 11) is 0. The average molecular weight is 329 g/mol. The largest absolute Gasteiger partial charge is 0.327 e. The topological polar surface area (TPSA) is 92.5 Å². The molecule has 3 N–H and O–H groups in total. The molecule has 0 radical (unpaired) electrons. The molecule has 128 valence electrons. The highest BCUT2D eigenvalue weighted by Crippen LogP contribution is 2.28. The monoisotopic (exact) mass is 329 g/mol. The van der Waals surface area contributed by atoms with Gasteiger partial charge in [0.25, 0.3) is 0 Å². The number of imide groups is 1. The van der Waals surface area contributed by atoms with Gasteiger partial charge >= 0.3 is 0 Å². The van der Waals surface area contributed by atoms with Crippen LogP contribution in [0.15, 0.2) is 24.3 Å². The van der Waals surface area contributed by atoms with Crippen LogP contribution in [0.2, 0.25) is 0 Å². The van der Waals surface area contributed by atoms with Crippen molar-refractivity contribution in [1.82, 2.24) is 4.90 Å². The van der Waals surface area contributed by atoms with Gasteiger partial charge in [-0.2, -0.15) is 0 Å². The van der Waals surface area contributed by atoms with Gasteiger partial charge in [-0.25, -0.2) is 0 Å². The summed E-state index contributed by atoms with van der Waals surface area (Å²) in [5.41, 5.74) is 7.45. The first-order valence-electron chi connectivity index (χ1n) is 8.51. The molecular formula is C18H23N3O3. The molecule has 1 aromatic carbocycles. The zero-order valence-electron chi connectivity index (χ0n) is 13.7. The van der Waals surface area contributed by atoms with Crippen molar-refractivity contribution in [3.63, 3.8) is 0 Å². The van der Waals surface area contributed by atoms with Crippen LogP contribution in [0.3, 0.4) is 0 Å². The Morgan fingerprint density at radius 3 is 2.54 bits per heavy atom. The summed E-state index contributed by atoms with van der Waals surface area (Å²) in [5.74, 6) is -0.140. The lowest BCUT2D eigenvalue weighted by atomic mass is 10.00. The molecular weight excluding hydrogens is 306 g/mol. The molecule has 6 heteroatoms. The Labute approximate surface area is 141 Å². The number of hydrogen-bond donors (Lipinski definition) is 2. The fourth-order valence-corrected chi connectivity index (χ4v) is 3.51. The number of hydrogen-bond acceptors (Lipinski definition) is 4. The van der Waals surface area contributed by atoms with Crippen molar-refractivity contribution in [1.29, 1.82) is 0 Å². The molecule has 1 heterocycles. The molecule has 24 heavy (non-hydrogen) atoms. The third kappa shape index (κ3) is 3.64. The van der Waals surface area contributed by atoms with Crippen molar-refractivity contribution >= 4 is 23.4 Å². The van der Waals surface area contributed by atoms with E-state index in [-0.39, 0.29) is 49.1 Å². The maximum absolute atomic E-state index is 12.3. The van der Waals surface area contributed by atoms with Gasteiger partial charge in [0.2, 0.25) is 17.7 Å². The number of carbonyl (C=O) groups excluding carboxylic acids is 3. The van der Waals surface area contributed by atoms with Gasteiger partial charge in [0.1, 0.15) is 0 Å². The van der Waals surface area contributed by atoms with E-state index in [9.17, 15) is 14.4 Å². The molecule has 0 unspecified atom stereocenters. The number of benzene rings is 1. The second-order valence-electron chi connectivity index (χ2n) is 6.64. The minimum absolute atomic E-state index is 0.0659. The Morgan fingerprint density at radius 1 is 1.17 bits per heavy atom. The highest BCUT2D eigenvalue weighted by molar-refractivity contribution is 6.02. The summed E-state index contributed by atoms with van der Waals surface area (Å²) >= 11 is 0. The Bertz CT molecular complexity index is 643. The summed E-state index contributed by atoms with van der Waals surface area (Å²) in [6.45, 7) is 0.205. The number of nitrogens with one attached hydrogen (secondary N) is 1. The van der Waals surface area contributed by atoms with Gasteiger partial charge < -0.3 is 11.1 Å². The van der Waals surface area contributed by atoms with Crippen LogP contribution in [0.5, 0.6) is 0 Å². The van der Waals surface area contributed by atoms with Gasteiger partial charge in [-0.3, -0.25) is 19.3 Å². The van der Waals surface area contributed by atoms with E-state index < -0.39 is 0 Å². The molecule has 6 nitrogen and oxygen atoms in total. The summed E-state index contributed by atoms with van der Waals surface area (Å²) < 4.78 is 0. The Hall–Kier alpha value is -2.21. The molecule has 1 saturated carbocycles. The maximum atomic E-state index is 12.3. The van der Waals surface area contributed by atoms with Gasteiger partial charge in [0, 0.05) is 31.0 Å². The minimum Gasteiger partial charge on any atom is -0.327 e. The van der Waals surface area contributed by atoms with Crippen molar-refractivity contribution < 1.29 is 14.4 Å². The first kappa shape index (κ1) is 16.6. The van der Waals surface area contributed by atoms with Crippen molar-refractivity contribution in [2.45, 2.75) is 51.1 Å². The minimum atomic E-state index is -0.155. The third-order valence-corrected chi connectivity index (χ3v) is 4.94. The van der Waals surface area contributed by atoms with Crippen LogP contribution < -0.4 is 11.1 Å². The smallest absolute Gasteiger partial charge is 0.229 e. The van der Waals surface area contributed by atoms with E-state index in [4.69, 9.17) is 5.73 Å². The van der Waals surface area contributed by atoms with Gasteiger partial charge in [-0.05, 0) is 30.4 Å². The number of nitrogens with zero attached hydrogens (tertiary/aromatic N) is 1. The normalized spacial score (nSPS) is 23.8. The molecule has 3 amide bonds. The molecule has 0 bridgehead atoms. The van der Waals surface area contributed by atoms with Crippen molar-refractivity contribution in [2.75, 3.05) is 5.32 Å². The predicted molar refractivity (Wildman–Crippen MR) is 89.8 cm³/mol. The van der Waals surface area contributed by atoms with Crippen LogP contribution in [0.25, 0.3) is 0 Å². The number of anilines is 1. The number of amides is 3. The Kier molecular flexibility index (Phi) is 4.94. The van der Waals surface area contributed by atoms with Crippen molar-refractivity contribution in [2.24, 2.45) is 11.7 Å². The third-order valence-electron chi connectivity index (χ3n) is 4.94. The number of likely N-dealkylation sites (tertiary alicyclic amines) is 1. The highest BCUT2D eigenvalue weighted by atomic mass is 16.2. The van der Waals surface area contributed by atoms with E-state index >= 15 is 0 Å². The Balaban J connectivity index is 1.66. The number of nitrogens with two attached hydrogens (primary N) is 1. The van der Waals surface area contributed by atoms with E-state index in [2.05, 4.69) is 5.32 Å². The predicted octanol–water partition coefficient (Wildman–Crippen LogP) is 1.79. The molecule has 2 aliphatic rings. The molecule has 0 aromatic heterocycles.